The number of benzene rings is 3. The minimum atomic E-state index is 0.278. The normalized spacial score (nSPS) is 13.2. The molecule has 0 aliphatic heterocycles. The van der Waals surface area contributed by atoms with Crippen LogP contribution in [0.3, 0.4) is 0 Å². The molecule has 0 amide bonds. The second-order valence-corrected chi connectivity index (χ2v) is 7.72. The molecule has 0 fully saturated rings. The Morgan fingerprint density at radius 1 is 0.556 bits per heavy atom. The van der Waals surface area contributed by atoms with Crippen molar-refractivity contribution in [3.8, 4) is 0 Å². The van der Waals surface area contributed by atoms with E-state index < -0.39 is 0 Å². The van der Waals surface area contributed by atoms with Crippen molar-refractivity contribution < 1.29 is 0 Å². The van der Waals surface area contributed by atoms with Gasteiger partial charge in [-0.3, -0.25) is 0 Å². The van der Waals surface area contributed by atoms with Gasteiger partial charge in [-0.2, -0.15) is 0 Å². The molecular weight excluding hydrogens is 324 g/mol. The Morgan fingerprint density at radius 2 is 1.07 bits per heavy atom. The summed E-state index contributed by atoms with van der Waals surface area (Å²) in [6.07, 6.45) is 8.54. The van der Waals surface area contributed by atoms with E-state index in [1.54, 1.807) is 0 Å². The van der Waals surface area contributed by atoms with Crippen LogP contribution in [0.15, 0.2) is 91.0 Å². The van der Waals surface area contributed by atoms with Crippen molar-refractivity contribution in [2.24, 2.45) is 0 Å². The molecule has 3 aromatic carbocycles. The topological polar surface area (TPSA) is 0 Å². The average molecular weight is 357 g/mol. The van der Waals surface area contributed by atoms with Crippen molar-refractivity contribution in [1.29, 1.82) is 0 Å². The molecule has 0 radical (unpaired) electrons. The summed E-state index contributed by atoms with van der Waals surface area (Å²) in [6.45, 7) is 2.33. The van der Waals surface area contributed by atoms with Crippen LogP contribution in [0, 0.1) is 0 Å². The molecule has 1 atom stereocenters. The summed E-state index contributed by atoms with van der Waals surface area (Å²) in [7, 11) is 0. The molecule has 0 heteroatoms. The number of hydrogen-bond acceptors (Lipinski definition) is 0. The Balaban J connectivity index is 1.77. The van der Waals surface area contributed by atoms with E-state index in [-0.39, 0.29) is 5.41 Å². The fraction of sp³-hybridized carbons (Fsp3) is 0.333. The first kappa shape index (κ1) is 19.4. The zero-order chi connectivity index (χ0) is 18.8. The van der Waals surface area contributed by atoms with Gasteiger partial charge in [0.1, 0.15) is 0 Å². The highest BCUT2D eigenvalue weighted by Gasteiger charge is 2.30. The monoisotopic (exact) mass is 356 g/mol. The van der Waals surface area contributed by atoms with Crippen molar-refractivity contribution in [2.45, 2.75) is 57.3 Å². The molecule has 0 N–H and O–H groups in total. The van der Waals surface area contributed by atoms with Gasteiger partial charge in [-0.25, -0.2) is 0 Å². The molecule has 0 aliphatic carbocycles. The molecule has 0 aromatic heterocycles. The lowest BCUT2D eigenvalue weighted by Crippen LogP contribution is -2.27. The summed E-state index contributed by atoms with van der Waals surface area (Å²) in [5.74, 6) is 0. The molecule has 0 aliphatic rings. The van der Waals surface area contributed by atoms with Crippen LogP contribution < -0.4 is 0 Å². The maximum atomic E-state index is 2.35. The van der Waals surface area contributed by atoms with Crippen LogP contribution in [0.25, 0.3) is 0 Å². The Morgan fingerprint density at radius 3 is 1.63 bits per heavy atom. The minimum absolute atomic E-state index is 0.278. The van der Waals surface area contributed by atoms with Crippen LogP contribution in [0.4, 0.5) is 0 Å². The molecule has 140 valence electrons. The highest BCUT2D eigenvalue weighted by molar-refractivity contribution is 5.27. The fourth-order valence-electron chi connectivity index (χ4n) is 4.38. The number of hydrogen-bond donors (Lipinski definition) is 0. The molecule has 0 saturated heterocycles. The molecule has 0 spiro atoms. The molecule has 0 heterocycles. The van der Waals surface area contributed by atoms with Crippen LogP contribution in [-0.4, -0.2) is 0 Å². The maximum Gasteiger partial charge on any atom is -0.00438 e. The molecule has 3 aromatic rings. The zero-order valence-electron chi connectivity index (χ0n) is 16.6. The lowest BCUT2D eigenvalue weighted by molar-refractivity contribution is 0.325. The van der Waals surface area contributed by atoms with Gasteiger partial charge in [0.15, 0.2) is 0 Å². The van der Waals surface area contributed by atoms with E-state index in [9.17, 15) is 0 Å². The fourth-order valence-corrected chi connectivity index (χ4v) is 4.38. The molecule has 3 rings (SSSR count). The summed E-state index contributed by atoms with van der Waals surface area (Å²) in [4.78, 5) is 0. The zero-order valence-corrected chi connectivity index (χ0v) is 16.6. The van der Waals surface area contributed by atoms with Crippen molar-refractivity contribution >= 4 is 0 Å². The third-order valence-corrected chi connectivity index (χ3v) is 5.81. The first-order valence-electron chi connectivity index (χ1n) is 10.5. The molecule has 27 heavy (non-hydrogen) atoms. The van der Waals surface area contributed by atoms with Gasteiger partial charge in [-0.1, -0.05) is 104 Å². The lowest BCUT2D eigenvalue weighted by Gasteiger charge is -2.35. The largest absolute Gasteiger partial charge is 0.0654 e. The lowest BCUT2D eigenvalue weighted by atomic mass is 9.69. The second kappa shape index (κ2) is 10.1. The summed E-state index contributed by atoms with van der Waals surface area (Å²) < 4.78 is 0. The molecule has 1 unspecified atom stereocenters. The van der Waals surface area contributed by atoms with E-state index in [0.717, 1.165) is 6.42 Å². The summed E-state index contributed by atoms with van der Waals surface area (Å²) in [5, 5.41) is 0. The number of rotatable bonds is 10. The van der Waals surface area contributed by atoms with Crippen molar-refractivity contribution in [3.63, 3.8) is 0 Å². The predicted molar refractivity (Wildman–Crippen MR) is 117 cm³/mol. The number of aryl methyl sites for hydroxylation is 2. The van der Waals surface area contributed by atoms with E-state index in [1.165, 1.54) is 55.2 Å². The highest BCUT2D eigenvalue weighted by atomic mass is 14.3. The van der Waals surface area contributed by atoms with E-state index >= 15 is 0 Å². The third kappa shape index (κ3) is 5.57. The van der Waals surface area contributed by atoms with Crippen LogP contribution in [0.1, 0.15) is 55.7 Å². The SMILES string of the molecule is CCCC(CCCc1ccccc1)(CCc1ccccc1)c1ccccc1. The third-order valence-electron chi connectivity index (χ3n) is 5.81. The second-order valence-electron chi connectivity index (χ2n) is 7.72. The predicted octanol–water partition coefficient (Wildman–Crippen LogP) is 7.38. The Bertz CT molecular complexity index is 761. The van der Waals surface area contributed by atoms with E-state index in [2.05, 4.69) is 97.9 Å². The van der Waals surface area contributed by atoms with E-state index in [1.807, 2.05) is 0 Å². The minimum Gasteiger partial charge on any atom is -0.0654 e. The van der Waals surface area contributed by atoms with Gasteiger partial charge in [-0.05, 0) is 60.6 Å². The van der Waals surface area contributed by atoms with Gasteiger partial charge in [0.05, 0.1) is 0 Å². The maximum absolute atomic E-state index is 2.35. The van der Waals surface area contributed by atoms with Gasteiger partial charge in [-0.15, -0.1) is 0 Å². The van der Waals surface area contributed by atoms with E-state index in [0.29, 0.717) is 0 Å². The Kier molecular flexibility index (Phi) is 7.27. The first-order valence-corrected chi connectivity index (χ1v) is 10.5. The molecule has 0 saturated carbocycles. The summed E-state index contributed by atoms with van der Waals surface area (Å²) >= 11 is 0. The Hall–Kier alpha value is -2.34. The van der Waals surface area contributed by atoms with Crippen molar-refractivity contribution in [2.75, 3.05) is 0 Å². The van der Waals surface area contributed by atoms with Crippen LogP contribution >= 0.6 is 0 Å². The molecular formula is C27H32. The van der Waals surface area contributed by atoms with Gasteiger partial charge in [0, 0.05) is 0 Å². The van der Waals surface area contributed by atoms with Crippen LogP contribution in [0.5, 0.6) is 0 Å². The summed E-state index contributed by atoms with van der Waals surface area (Å²) in [5.41, 5.74) is 4.72. The molecule has 0 bridgehead atoms. The summed E-state index contributed by atoms with van der Waals surface area (Å²) in [6, 6.07) is 33.2. The van der Waals surface area contributed by atoms with E-state index in [4.69, 9.17) is 0 Å². The highest BCUT2D eigenvalue weighted by Crippen LogP contribution is 2.39. The van der Waals surface area contributed by atoms with Gasteiger partial charge < -0.3 is 0 Å². The van der Waals surface area contributed by atoms with Gasteiger partial charge in [0.2, 0.25) is 0 Å². The average Bonchev–Trinajstić information content (AvgIpc) is 2.74. The van der Waals surface area contributed by atoms with Crippen molar-refractivity contribution in [1.82, 2.24) is 0 Å². The van der Waals surface area contributed by atoms with Gasteiger partial charge in [0.25, 0.3) is 0 Å². The molecule has 0 nitrogen and oxygen atoms in total. The van der Waals surface area contributed by atoms with Crippen molar-refractivity contribution in [3.05, 3.63) is 108 Å². The van der Waals surface area contributed by atoms with Crippen LogP contribution in [-0.2, 0) is 18.3 Å². The smallest absolute Gasteiger partial charge is 0.00438 e. The van der Waals surface area contributed by atoms with Gasteiger partial charge >= 0.3 is 0 Å². The Labute approximate surface area is 165 Å². The first-order chi connectivity index (χ1) is 13.3. The van der Waals surface area contributed by atoms with Crippen LogP contribution in [0.2, 0.25) is 0 Å². The quantitative estimate of drug-likeness (QED) is 0.355. The standard InChI is InChI=1S/C27H32/c1-2-21-27(26-18-10-5-11-19-26,23-20-25-15-8-4-9-16-25)22-12-17-24-13-6-3-7-14-24/h3-11,13-16,18-19H,2,12,17,20-23H2,1H3.